The van der Waals surface area contributed by atoms with Crippen LogP contribution < -0.4 is 0 Å². The third-order valence-electron chi connectivity index (χ3n) is 2.37. The van der Waals surface area contributed by atoms with Gasteiger partial charge in [-0.3, -0.25) is 4.55 Å². The van der Waals surface area contributed by atoms with Gasteiger partial charge in [0.1, 0.15) is 0 Å². The van der Waals surface area contributed by atoms with Crippen LogP contribution in [0.1, 0.15) is 6.42 Å². The Morgan fingerprint density at radius 3 is 2.00 bits per heavy atom. The minimum absolute atomic E-state index is 0.122. The van der Waals surface area contributed by atoms with Gasteiger partial charge in [-0.25, -0.2) is 9.59 Å². The van der Waals surface area contributed by atoms with Gasteiger partial charge >= 0.3 is 39.3 Å². The van der Waals surface area contributed by atoms with Gasteiger partial charge in [0.25, 0.3) is 0 Å². The highest BCUT2D eigenvalue weighted by Crippen LogP contribution is 2.38. The first kappa shape index (κ1) is 23.9. The van der Waals surface area contributed by atoms with Gasteiger partial charge < -0.3 is 14.2 Å². The molecule has 0 amide bonds. The van der Waals surface area contributed by atoms with E-state index in [1.807, 2.05) is 0 Å². The largest absolute Gasteiger partial charge is 0.468 e. The van der Waals surface area contributed by atoms with Gasteiger partial charge in [0, 0.05) is 0 Å². The van der Waals surface area contributed by atoms with Crippen LogP contribution in [0.5, 0.6) is 0 Å². The standard InChI is InChI=1S/C11H10F6O8S/c1-3-23-8(19)10(11(15,16)17,25-7(18)6(2)12)24-5-4-9(13,14)26(20,21)22/h3H,1-2,4-5H2,(H,20,21,22). The van der Waals surface area contributed by atoms with E-state index in [0.717, 1.165) is 0 Å². The molecule has 26 heavy (non-hydrogen) atoms. The molecule has 0 saturated carbocycles. The lowest BCUT2D eigenvalue weighted by atomic mass is 10.2. The molecule has 0 aliphatic heterocycles. The highest BCUT2D eigenvalue weighted by atomic mass is 32.2. The van der Waals surface area contributed by atoms with E-state index in [-0.39, 0.29) is 6.26 Å². The Balaban J connectivity index is 5.83. The number of rotatable bonds is 9. The fraction of sp³-hybridized carbons (Fsp3) is 0.455. The number of carbonyl (C=O) groups excluding carboxylic acids is 2. The van der Waals surface area contributed by atoms with E-state index >= 15 is 0 Å². The first-order chi connectivity index (χ1) is 11.5. The molecule has 0 aliphatic carbocycles. The van der Waals surface area contributed by atoms with E-state index in [9.17, 15) is 44.3 Å². The van der Waals surface area contributed by atoms with Crippen molar-refractivity contribution in [3.63, 3.8) is 0 Å². The molecule has 8 nitrogen and oxygen atoms in total. The van der Waals surface area contributed by atoms with Crippen LogP contribution in [-0.2, 0) is 33.9 Å². The molecule has 15 heteroatoms. The Morgan fingerprint density at radius 2 is 1.65 bits per heavy atom. The summed E-state index contributed by atoms with van der Waals surface area (Å²) in [6.45, 7) is 3.13. The van der Waals surface area contributed by atoms with Gasteiger partial charge in [-0.15, -0.1) is 0 Å². The van der Waals surface area contributed by atoms with Crippen molar-refractivity contribution in [2.45, 2.75) is 23.6 Å². The number of hydrogen-bond acceptors (Lipinski definition) is 7. The van der Waals surface area contributed by atoms with Crippen LogP contribution >= 0.6 is 0 Å². The summed E-state index contributed by atoms with van der Waals surface area (Å²) < 4.78 is 118. The molecule has 1 unspecified atom stereocenters. The SMILES string of the molecule is C=COC(=O)C(OCCC(F)(F)S(=O)(=O)O)(OC(=O)C(=C)F)C(F)(F)F. The summed E-state index contributed by atoms with van der Waals surface area (Å²) in [7, 11) is -6.03. The van der Waals surface area contributed by atoms with E-state index in [0.29, 0.717) is 0 Å². The molecular formula is C11H10F6O8S. The normalized spacial score (nSPS) is 14.9. The second kappa shape index (κ2) is 8.05. The topological polar surface area (TPSA) is 116 Å². The first-order valence-corrected chi connectivity index (χ1v) is 7.41. The number of carbonyl (C=O) groups is 2. The molecule has 0 bridgehead atoms. The van der Waals surface area contributed by atoms with Crippen LogP contribution in [0, 0.1) is 0 Å². The molecule has 0 heterocycles. The summed E-state index contributed by atoms with van der Waals surface area (Å²) in [5.41, 5.74) is 0. The molecule has 0 rings (SSSR count). The molecule has 0 aromatic carbocycles. The van der Waals surface area contributed by atoms with Gasteiger partial charge in [-0.05, 0) is 0 Å². The highest BCUT2D eigenvalue weighted by molar-refractivity contribution is 7.86. The number of hydrogen-bond donors (Lipinski definition) is 1. The molecule has 150 valence electrons. The Morgan fingerprint density at radius 1 is 1.15 bits per heavy atom. The second-order valence-corrected chi connectivity index (χ2v) is 5.74. The lowest BCUT2D eigenvalue weighted by Gasteiger charge is -2.31. The Kier molecular flexibility index (Phi) is 7.39. The average molecular weight is 416 g/mol. The Hall–Kier alpha value is -2.13. The van der Waals surface area contributed by atoms with Crippen LogP contribution in [0.25, 0.3) is 0 Å². The van der Waals surface area contributed by atoms with Gasteiger partial charge in [-0.2, -0.15) is 34.8 Å². The highest BCUT2D eigenvalue weighted by Gasteiger charge is 2.68. The summed E-state index contributed by atoms with van der Waals surface area (Å²) in [5, 5.41) is -4.97. The lowest BCUT2D eigenvalue weighted by molar-refractivity contribution is -0.354. The van der Waals surface area contributed by atoms with E-state index in [1.165, 1.54) is 0 Å². The van der Waals surface area contributed by atoms with Crippen LogP contribution in [0.2, 0.25) is 0 Å². The third kappa shape index (κ3) is 5.43. The molecule has 0 fully saturated rings. The minimum atomic E-state index is -6.03. The fourth-order valence-electron chi connectivity index (χ4n) is 1.17. The van der Waals surface area contributed by atoms with E-state index in [2.05, 4.69) is 27.4 Å². The quantitative estimate of drug-likeness (QED) is 0.151. The van der Waals surface area contributed by atoms with Gasteiger partial charge in [0.2, 0.25) is 5.83 Å². The van der Waals surface area contributed by atoms with E-state index < -0.39 is 58.1 Å². The smallest absolute Gasteiger partial charge is 0.430 e. The summed E-state index contributed by atoms with van der Waals surface area (Å²) in [5.74, 6) is -11.9. The van der Waals surface area contributed by atoms with Crippen molar-refractivity contribution in [3.8, 4) is 0 Å². The lowest BCUT2D eigenvalue weighted by Crippen LogP contribution is -2.58. The monoisotopic (exact) mass is 416 g/mol. The number of esters is 2. The molecular weight excluding hydrogens is 406 g/mol. The van der Waals surface area contributed by atoms with Gasteiger partial charge in [0.05, 0.1) is 19.3 Å². The van der Waals surface area contributed by atoms with E-state index in [4.69, 9.17) is 4.55 Å². The van der Waals surface area contributed by atoms with Crippen LogP contribution in [-0.4, -0.2) is 48.7 Å². The second-order valence-electron chi connectivity index (χ2n) is 4.19. The van der Waals surface area contributed by atoms with Crippen molar-refractivity contribution < 1.29 is 63.1 Å². The van der Waals surface area contributed by atoms with Crippen LogP contribution in [0.4, 0.5) is 26.3 Å². The molecule has 0 spiro atoms. The van der Waals surface area contributed by atoms with Crippen LogP contribution in [0.15, 0.2) is 25.2 Å². The van der Waals surface area contributed by atoms with Crippen molar-refractivity contribution in [1.29, 1.82) is 0 Å². The predicted octanol–water partition coefficient (Wildman–Crippen LogP) is 1.85. The zero-order valence-corrected chi connectivity index (χ0v) is 13.2. The van der Waals surface area contributed by atoms with Crippen molar-refractivity contribution in [3.05, 3.63) is 25.2 Å². The zero-order chi connectivity index (χ0) is 21.0. The van der Waals surface area contributed by atoms with Crippen LogP contribution in [0.3, 0.4) is 0 Å². The fourth-order valence-corrected chi connectivity index (χ4v) is 1.51. The van der Waals surface area contributed by atoms with Crippen molar-refractivity contribution in [2.24, 2.45) is 0 Å². The Labute approximate surface area is 141 Å². The van der Waals surface area contributed by atoms with Crippen molar-refractivity contribution in [1.82, 2.24) is 0 Å². The zero-order valence-electron chi connectivity index (χ0n) is 12.4. The molecule has 0 aliphatic rings. The maximum absolute atomic E-state index is 13.2. The summed E-state index contributed by atoms with van der Waals surface area (Å²) in [6.07, 6.45) is -7.97. The average Bonchev–Trinajstić information content (AvgIpc) is 2.43. The summed E-state index contributed by atoms with van der Waals surface area (Å²) in [6, 6.07) is 0. The van der Waals surface area contributed by atoms with E-state index in [1.54, 1.807) is 0 Å². The molecule has 0 aromatic rings. The maximum atomic E-state index is 13.2. The first-order valence-electron chi connectivity index (χ1n) is 5.97. The number of alkyl halides is 5. The molecule has 1 N–H and O–H groups in total. The van der Waals surface area contributed by atoms with Gasteiger partial charge in [0.15, 0.2) is 0 Å². The molecule has 0 radical (unpaired) electrons. The predicted molar refractivity (Wildman–Crippen MR) is 68.5 cm³/mol. The third-order valence-corrected chi connectivity index (χ3v) is 3.32. The molecule has 1 atom stereocenters. The van der Waals surface area contributed by atoms with Crippen molar-refractivity contribution >= 4 is 22.1 Å². The minimum Gasteiger partial charge on any atom is -0.430 e. The van der Waals surface area contributed by atoms with Crippen molar-refractivity contribution in [2.75, 3.05) is 6.61 Å². The Bertz CT molecular complexity index is 685. The number of ether oxygens (including phenoxy) is 3. The summed E-state index contributed by atoms with van der Waals surface area (Å²) in [4.78, 5) is 22.5. The summed E-state index contributed by atoms with van der Waals surface area (Å²) >= 11 is 0. The maximum Gasteiger partial charge on any atom is 0.468 e. The molecule has 0 saturated heterocycles. The number of halogens is 6. The van der Waals surface area contributed by atoms with Gasteiger partial charge in [-0.1, -0.05) is 13.2 Å². The molecule has 0 aromatic heterocycles.